The molecule has 0 bridgehead atoms. The van der Waals surface area contributed by atoms with E-state index in [0.29, 0.717) is 12.5 Å². The number of ether oxygens (including phenoxy) is 1. The van der Waals surface area contributed by atoms with Gasteiger partial charge in [0.25, 0.3) is 0 Å². The lowest BCUT2D eigenvalue weighted by atomic mass is 10.2. The summed E-state index contributed by atoms with van der Waals surface area (Å²) < 4.78 is 7.83. The number of fused-ring (bicyclic) bond motifs is 1. The van der Waals surface area contributed by atoms with Gasteiger partial charge in [0, 0.05) is 0 Å². The van der Waals surface area contributed by atoms with E-state index < -0.39 is 0 Å². The lowest BCUT2D eigenvalue weighted by molar-refractivity contribution is 0.339. The highest BCUT2D eigenvalue weighted by molar-refractivity contribution is 6.17. The van der Waals surface area contributed by atoms with Crippen molar-refractivity contribution in [3.05, 3.63) is 53.9 Å². The van der Waals surface area contributed by atoms with Gasteiger partial charge in [-0.1, -0.05) is 18.2 Å². The van der Waals surface area contributed by atoms with Crippen molar-refractivity contribution in [1.82, 2.24) is 9.55 Å². The molecule has 3 rings (SSSR count). The van der Waals surface area contributed by atoms with Crippen molar-refractivity contribution in [2.24, 2.45) is 0 Å². The van der Waals surface area contributed by atoms with E-state index in [1.165, 1.54) is 5.56 Å². The summed E-state index contributed by atoms with van der Waals surface area (Å²) in [6.07, 6.45) is 0. The molecule has 108 valence electrons. The molecule has 0 saturated carbocycles. The molecule has 0 aliphatic heterocycles. The van der Waals surface area contributed by atoms with Crippen molar-refractivity contribution >= 4 is 22.6 Å². The zero-order chi connectivity index (χ0) is 14.8. The molecule has 3 aromatic rings. The largest absolute Gasteiger partial charge is 0.492 e. The Hall–Kier alpha value is -2.00. The van der Waals surface area contributed by atoms with Gasteiger partial charge in [-0.25, -0.2) is 4.98 Å². The second-order valence-corrected chi connectivity index (χ2v) is 5.16. The number of alkyl halides is 1. The summed E-state index contributed by atoms with van der Waals surface area (Å²) in [6.45, 7) is 4.68. The number of hydrogen-bond acceptors (Lipinski definition) is 2. The van der Waals surface area contributed by atoms with Gasteiger partial charge in [0.1, 0.15) is 11.6 Å². The minimum atomic E-state index is 0.355. The lowest BCUT2D eigenvalue weighted by Crippen LogP contribution is -2.03. The molecule has 3 nitrogen and oxygen atoms in total. The maximum atomic E-state index is 6.10. The molecule has 0 radical (unpaired) electrons. The van der Waals surface area contributed by atoms with E-state index in [1.54, 1.807) is 0 Å². The zero-order valence-corrected chi connectivity index (χ0v) is 12.9. The number of hydrogen-bond donors (Lipinski definition) is 0. The summed E-state index contributed by atoms with van der Waals surface area (Å²) in [7, 11) is 0. The number of nitrogens with zero attached hydrogens (tertiary/aromatic N) is 2. The Bertz CT molecular complexity index is 780. The quantitative estimate of drug-likeness (QED) is 0.665. The second kappa shape index (κ2) is 5.78. The molecule has 0 aliphatic rings. The van der Waals surface area contributed by atoms with E-state index in [2.05, 4.69) is 28.6 Å². The average Bonchev–Trinajstić information content (AvgIpc) is 2.86. The monoisotopic (exact) mass is 300 g/mol. The molecule has 0 amide bonds. The van der Waals surface area contributed by atoms with Crippen LogP contribution >= 0.6 is 11.6 Å². The van der Waals surface area contributed by atoms with E-state index in [9.17, 15) is 0 Å². The highest BCUT2D eigenvalue weighted by Crippen LogP contribution is 2.29. The standard InChI is InChI=1S/C17H17ClN2O/c1-3-21-16-7-5-4-6-14(16)20-15-10-12(2)8-9-13(15)19-17(20)11-18/h4-10H,3,11H2,1-2H3. The number of halogens is 1. The Morgan fingerprint density at radius 1 is 1.19 bits per heavy atom. The highest BCUT2D eigenvalue weighted by atomic mass is 35.5. The normalized spacial score (nSPS) is 11.0. The van der Waals surface area contributed by atoms with Gasteiger partial charge in [0.2, 0.25) is 0 Å². The van der Waals surface area contributed by atoms with E-state index in [1.807, 2.05) is 37.3 Å². The SMILES string of the molecule is CCOc1ccccc1-n1c(CCl)nc2ccc(C)cc21. The first-order valence-electron chi connectivity index (χ1n) is 7.00. The first-order valence-corrected chi connectivity index (χ1v) is 7.54. The molecule has 2 aromatic carbocycles. The predicted molar refractivity (Wildman–Crippen MR) is 86.5 cm³/mol. The molecule has 0 atom stereocenters. The maximum absolute atomic E-state index is 6.10. The van der Waals surface area contributed by atoms with Crippen molar-refractivity contribution in [2.75, 3.05) is 6.61 Å². The molecule has 1 aromatic heterocycles. The third kappa shape index (κ3) is 2.49. The first-order chi connectivity index (χ1) is 10.2. The minimum absolute atomic E-state index is 0.355. The molecule has 1 heterocycles. The molecule has 0 N–H and O–H groups in total. The fourth-order valence-corrected chi connectivity index (χ4v) is 2.69. The number of benzene rings is 2. The van der Waals surface area contributed by atoms with Gasteiger partial charge in [-0.3, -0.25) is 4.57 Å². The number of aromatic nitrogens is 2. The van der Waals surface area contributed by atoms with Crippen molar-refractivity contribution in [3.8, 4) is 11.4 Å². The summed E-state index contributed by atoms with van der Waals surface area (Å²) in [4.78, 5) is 4.63. The molecule has 4 heteroatoms. The van der Waals surface area contributed by atoms with E-state index in [0.717, 1.165) is 28.3 Å². The number of imidazole rings is 1. The summed E-state index contributed by atoms with van der Waals surface area (Å²) in [5.41, 5.74) is 4.17. The van der Waals surface area contributed by atoms with Gasteiger partial charge in [0.05, 0.1) is 29.2 Å². The Morgan fingerprint density at radius 2 is 2.00 bits per heavy atom. The van der Waals surface area contributed by atoms with Crippen LogP contribution in [0.1, 0.15) is 18.3 Å². The average molecular weight is 301 g/mol. The van der Waals surface area contributed by atoms with Crippen LogP contribution < -0.4 is 4.74 Å². The molecule has 0 saturated heterocycles. The van der Waals surface area contributed by atoms with Gasteiger partial charge in [0.15, 0.2) is 0 Å². The summed E-state index contributed by atoms with van der Waals surface area (Å²) in [5, 5.41) is 0. The zero-order valence-electron chi connectivity index (χ0n) is 12.1. The van der Waals surface area contributed by atoms with Crippen LogP contribution in [0.4, 0.5) is 0 Å². The molecule has 0 fully saturated rings. The van der Waals surface area contributed by atoms with Crippen molar-refractivity contribution in [3.63, 3.8) is 0 Å². The van der Waals surface area contributed by atoms with Crippen LogP contribution in [0.25, 0.3) is 16.7 Å². The third-order valence-electron chi connectivity index (χ3n) is 3.40. The van der Waals surface area contributed by atoms with E-state index in [-0.39, 0.29) is 0 Å². The van der Waals surface area contributed by atoms with Crippen LogP contribution in [0.2, 0.25) is 0 Å². The highest BCUT2D eigenvalue weighted by Gasteiger charge is 2.15. The minimum Gasteiger partial charge on any atom is -0.492 e. The number of aryl methyl sites for hydroxylation is 1. The molecule has 21 heavy (non-hydrogen) atoms. The molecule has 0 spiro atoms. The third-order valence-corrected chi connectivity index (χ3v) is 3.64. The van der Waals surface area contributed by atoms with Gasteiger partial charge < -0.3 is 4.74 Å². The number of para-hydroxylation sites is 2. The van der Waals surface area contributed by atoms with Gasteiger partial charge in [-0.05, 0) is 43.7 Å². The summed E-state index contributed by atoms with van der Waals surface area (Å²) >= 11 is 6.10. The Morgan fingerprint density at radius 3 is 2.76 bits per heavy atom. The summed E-state index contributed by atoms with van der Waals surface area (Å²) in [6, 6.07) is 14.2. The van der Waals surface area contributed by atoms with Crippen LogP contribution in [0, 0.1) is 6.92 Å². The van der Waals surface area contributed by atoms with Crippen LogP contribution in [0.15, 0.2) is 42.5 Å². The van der Waals surface area contributed by atoms with Crippen molar-refractivity contribution in [2.45, 2.75) is 19.7 Å². The van der Waals surface area contributed by atoms with Crippen LogP contribution in [0.3, 0.4) is 0 Å². The van der Waals surface area contributed by atoms with Crippen LogP contribution in [-0.2, 0) is 5.88 Å². The topological polar surface area (TPSA) is 27.1 Å². The lowest BCUT2D eigenvalue weighted by Gasteiger charge is -2.13. The summed E-state index contributed by atoms with van der Waals surface area (Å²) in [5.74, 6) is 2.02. The molecular formula is C17H17ClN2O. The second-order valence-electron chi connectivity index (χ2n) is 4.89. The van der Waals surface area contributed by atoms with Crippen LogP contribution in [-0.4, -0.2) is 16.2 Å². The number of rotatable bonds is 4. The predicted octanol–water partition coefficient (Wildman–Crippen LogP) is 4.47. The van der Waals surface area contributed by atoms with Gasteiger partial charge in [-0.15, -0.1) is 11.6 Å². The van der Waals surface area contributed by atoms with Crippen molar-refractivity contribution in [1.29, 1.82) is 0 Å². The Balaban J connectivity index is 2.30. The smallest absolute Gasteiger partial charge is 0.143 e. The first kappa shape index (κ1) is 14.0. The van der Waals surface area contributed by atoms with E-state index >= 15 is 0 Å². The van der Waals surface area contributed by atoms with Crippen molar-refractivity contribution < 1.29 is 4.74 Å². The molecule has 0 aliphatic carbocycles. The molecule has 0 unspecified atom stereocenters. The van der Waals surface area contributed by atoms with E-state index in [4.69, 9.17) is 16.3 Å². The van der Waals surface area contributed by atoms with Crippen LogP contribution in [0.5, 0.6) is 5.75 Å². The maximum Gasteiger partial charge on any atom is 0.143 e. The van der Waals surface area contributed by atoms with Gasteiger partial charge in [-0.2, -0.15) is 0 Å². The Kier molecular flexibility index (Phi) is 3.84. The van der Waals surface area contributed by atoms with Gasteiger partial charge >= 0.3 is 0 Å². The molecular weight excluding hydrogens is 284 g/mol. The fraction of sp³-hybridized carbons (Fsp3) is 0.235. The Labute approximate surface area is 129 Å². The fourth-order valence-electron chi connectivity index (χ4n) is 2.51.